The fourth-order valence-corrected chi connectivity index (χ4v) is 2.27. The van der Waals surface area contributed by atoms with Gasteiger partial charge >= 0.3 is 0 Å². The maximum atomic E-state index is 8.77. The second-order valence-electron chi connectivity index (χ2n) is 3.56. The monoisotopic (exact) mass is 364 g/mol. The van der Waals surface area contributed by atoms with Crippen LogP contribution in [0.4, 0.5) is 0 Å². The summed E-state index contributed by atoms with van der Waals surface area (Å²) in [6.45, 7) is 8.00. The van der Waals surface area contributed by atoms with Crippen molar-refractivity contribution in [1.82, 2.24) is 10.1 Å². The van der Waals surface area contributed by atoms with Crippen LogP contribution in [0.1, 0.15) is 32.6 Å². The van der Waals surface area contributed by atoms with Crippen molar-refractivity contribution in [2.24, 2.45) is 5.25 Å². The molecule has 0 aliphatic carbocycles. The van der Waals surface area contributed by atoms with E-state index >= 15 is 0 Å². The summed E-state index contributed by atoms with van der Waals surface area (Å²) >= 11 is 5.48. The molecule has 0 saturated carbocycles. The zero-order chi connectivity index (χ0) is 18.4. The lowest BCUT2D eigenvalue weighted by molar-refractivity contribution is 0.433. The number of hydrogen-bond donors (Lipinski definition) is 1. The second kappa shape index (κ2) is 13.3. The Morgan fingerprint density at radius 1 is 1.04 bits per heavy atom. The van der Waals surface area contributed by atoms with E-state index in [9.17, 15) is 0 Å². The third-order valence-corrected chi connectivity index (χ3v) is 3.36. The molecule has 0 aliphatic rings. The Morgan fingerprint density at radius 2 is 1.67 bits per heavy atom. The molecule has 1 aromatic carbocycles. The minimum atomic E-state index is 0.445. The van der Waals surface area contributed by atoms with Crippen molar-refractivity contribution >= 4 is 23.1 Å². The second-order valence-corrected chi connectivity index (χ2v) is 4.65. The molecule has 0 saturated heterocycles. The van der Waals surface area contributed by atoms with Gasteiger partial charge in [0.25, 0.3) is 5.89 Å². The maximum absolute atomic E-state index is 8.77. The molecule has 3 rings (SSSR count). The van der Waals surface area contributed by atoms with Gasteiger partial charge in [-0.2, -0.15) is 10.2 Å². The summed E-state index contributed by atoms with van der Waals surface area (Å²) in [5, 5.41) is 16.7. The number of rotatable bonds is 2. The number of aromatic nitrogens is 2. The van der Waals surface area contributed by atoms with Crippen LogP contribution >= 0.6 is 23.1 Å². The minimum absolute atomic E-state index is 0.445. The molecular weight excluding hydrogens is 344 g/mol. The van der Waals surface area contributed by atoms with Gasteiger partial charge in [0, 0.05) is 5.56 Å². The van der Waals surface area contributed by atoms with Gasteiger partial charge in [0.15, 0.2) is 0 Å². The number of nitriles is 1. The smallest absolute Gasteiger partial charge is 0.268 e. The number of nitrogens with two attached hydrogens (primary N) is 1. The summed E-state index contributed by atoms with van der Waals surface area (Å²) in [6.07, 6.45) is 0. The van der Waals surface area contributed by atoms with Crippen molar-refractivity contribution in [2.75, 3.05) is 0 Å². The highest BCUT2D eigenvalue weighted by atomic mass is 35.5. The number of nitrogens with zero attached hydrogens (tertiary/aromatic N) is 3. The van der Waals surface area contributed by atoms with E-state index in [1.165, 1.54) is 11.3 Å². The third kappa shape index (κ3) is 6.13. The zero-order valence-electron chi connectivity index (χ0n) is 14.2. The topological polar surface area (TPSA) is 88.7 Å². The predicted octanol–water partition coefficient (Wildman–Crippen LogP) is 5.49. The first-order valence-electron chi connectivity index (χ1n) is 7.48. The molecule has 0 amide bonds. The lowest BCUT2D eigenvalue weighted by Gasteiger charge is -1.90. The van der Waals surface area contributed by atoms with E-state index in [4.69, 9.17) is 9.78 Å². The van der Waals surface area contributed by atoms with Crippen molar-refractivity contribution in [3.63, 3.8) is 0 Å². The van der Waals surface area contributed by atoms with Gasteiger partial charge in [0.05, 0.1) is 4.88 Å². The summed E-state index contributed by atoms with van der Waals surface area (Å²) in [6, 6.07) is 15.3. The Balaban J connectivity index is 0.000000798. The third-order valence-electron chi connectivity index (χ3n) is 2.38. The highest BCUT2D eigenvalue weighted by Crippen LogP contribution is 2.28. The van der Waals surface area contributed by atoms with E-state index in [0.29, 0.717) is 16.6 Å². The van der Waals surface area contributed by atoms with E-state index in [1.54, 1.807) is 6.07 Å². The normalized spacial score (nSPS) is 8.38. The molecule has 2 aromatic heterocycles. The highest BCUT2D eigenvalue weighted by Gasteiger charge is 2.12. The summed E-state index contributed by atoms with van der Waals surface area (Å²) < 4.78 is 5.20. The van der Waals surface area contributed by atoms with Crippen LogP contribution in [0.3, 0.4) is 0 Å². The van der Waals surface area contributed by atoms with E-state index < -0.39 is 0 Å². The molecule has 0 aliphatic heterocycles. The highest BCUT2D eigenvalue weighted by molar-refractivity contribution is 7.15. The van der Waals surface area contributed by atoms with Crippen molar-refractivity contribution in [1.29, 1.82) is 5.26 Å². The standard InChI is InChI=1S/C13H7N3OS.2C2H6.ClH2N/c14-8-10-6-7-11(18-10)13-15-12(16-17-13)9-4-2-1-3-5-9;3*1-2/h1-7H;2*1-2H3;2H2. The van der Waals surface area contributed by atoms with Crippen LogP contribution in [-0.2, 0) is 0 Å². The average molecular weight is 365 g/mol. The Bertz CT molecular complexity index is 720. The van der Waals surface area contributed by atoms with Crippen LogP contribution in [0.5, 0.6) is 0 Å². The van der Waals surface area contributed by atoms with Gasteiger partial charge in [-0.15, -0.1) is 11.3 Å². The van der Waals surface area contributed by atoms with Gasteiger partial charge < -0.3 is 4.52 Å². The molecule has 0 radical (unpaired) electrons. The molecule has 5 nitrogen and oxygen atoms in total. The molecule has 7 heteroatoms. The van der Waals surface area contributed by atoms with E-state index in [-0.39, 0.29) is 0 Å². The molecule has 128 valence electrons. The van der Waals surface area contributed by atoms with E-state index in [2.05, 4.69) is 33.2 Å². The van der Waals surface area contributed by atoms with Gasteiger partial charge in [-0.3, -0.25) is 0 Å². The molecule has 0 fully saturated rings. The van der Waals surface area contributed by atoms with Crippen LogP contribution in [0.2, 0.25) is 0 Å². The molecule has 0 spiro atoms. The maximum Gasteiger partial charge on any atom is 0.268 e. The minimum Gasteiger partial charge on any atom is -0.333 e. The van der Waals surface area contributed by atoms with Crippen LogP contribution in [0, 0.1) is 11.3 Å². The fourth-order valence-electron chi connectivity index (χ4n) is 1.54. The average Bonchev–Trinajstić information content (AvgIpc) is 3.37. The first kappa shape index (κ1) is 21.8. The van der Waals surface area contributed by atoms with Gasteiger partial charge in [-0.25, -0.2) is 5.25 Å². The Hall–Kier alpha value is -2.20. The molecule has 0 atom stereocenters. The molecule has 24 heavy (non-hydrogen) atoms. The zero-order valence-corrected chi connectivity index (χ0v) is 15.7. The number of halogens is 1. The number of benzene rings is 1. The summed E-state index contributed by atoms with van der Waals surface area (Å²) in [5.74, 6) is 0.998. The van der Waals surface area contributed by atoms with Crippen molar-refractivity contribution in [2.45, 2.75) is 27.7 Å². The van der Waals surface area contributed by atoms with Crippen LogP contribution in [0.25, 0.3) is 22.2 Å². The number of thiophene rings is 1. The lowest BCUT2D eigenvalue weighted by Crippen LogP contribution is -1.78. The van der Waals surface area contributed by atoms with Crippen LogP contribution in [0.15, 0.2) is 47.0 Å². The van der Waals surface area contributed by atoms with Crippen molar-refractivity contribution < 1.29 is 4.52 Å². The predicted molar refractivity (Wildman–Crippen MR) is 100 cm³/mol. The Morgan fingerprint density at radius 3 is 2.21 bits per heavy atom. The van der Waals surface area contributed by atoms with Gasteiger partial charge in [-0.1, -0.05) is 63.2 Å². The summed E-state index contributed by atoms with van der Waals surface area (Å²) in [7, 11) is 0. The molecule has 2 N–H and O–H groups in total. The van der Waals surface area contributed by atoms with E-state index in [1.807, 2.05) is 64.1 Å². The van der Waals surface area contributed by atoms with Crippen molar-refractivity contribution in [3.05, 3.63) is 47.3 Å². The summed E-state index contributed by atoms with van der Waals surface area (Å²) in [4.78, 5) is 5.76. The SMILES string of the molecule is CC.CC.N#Cc1ccc(-c2nc(-c3ccccc3)no2)s1.NCl. The van der Waals surface area contributed by atoms with Gasteiger partial charge in [-0.05, 0) is 23.9 Å². The fraction of sp³-hybridized carbons (Fsp3) is 0.235. The van der Waals surface area contributed by atoms with Crippen LogP contribution in [-0.4, -0.2) is 10.1 Å². The Labute approximate surface area is 151 Å². The van der Waals surface area contributed by atoms with Crippen molar-refractivity contribution in [3.8, 4) is 28.2 Å². The Kier molecular flexibility index (Phi) is 12.0. The lowest BCUT2D eigenvalue weighted by atomic mass is 10.2. The molecule has 2 heterocycles. The number of hydrogen-bond acceptors (Lipinski definition) is 6. The van der Waals surface area contributed by atoms with E-state index in [0.717, 1.165) is 10.4 Å². The molecule has 0 bridgehead atoms. The quantitative estimate of drug-likeness (QED) is 0.607. The molecular formula is C17H21ClN4OS. The van der Waals surface area contributed by atoms with Gasteiger partial charge in [0.2, 0.25) is 5.82 Å². The first-order valence-corrected chi connectivity index (χ1v) is 8.73. The summed E-state index contributed by atoms with van der Waals surface area (Å²) in [5.41, 5.74) is 0.907. The van der Waals surface area contributed by atoms with Gasteiger partial charge in [0.1, 0.15) is 10.9 Å². The van der Waals surface area contributed by atoms with Crippen LogP contribution < -0.4 is 5.25 Å². The molecule has 0 unspecified atom stereocenters. The first-order chi connectivity index (χ1) is 11.9. The largest absolute Gasteiger partial charge is 0.333 e. The molecule has 3 aromatic rings.